The average Bonchev–Trinajstić information content (AvgIpc) is 1.56. The van der Waals surface area contributed by atoms with Crippen molar-refractivity contribution < 1.29 is 0 Å². The van der Waals surface area contributed by atoms with Crippen LogP contribution in [0.15, 0.2) is 473 Å². The van der Waals surface area contributed by atoms with Crippen LogP contribution in [0.5, 0.6) is 0 Å². The Kier molecular flexibility index (Phi) is 17.7. The van der Waals surface area contributed by atoms with E-state index in [4.69, 9.17) is 15.0 Å². The maximum atomic E-state index is 5.22. The van der Waals surface area contributed by atoms with E-state index in [0.29, 0.717) is 17.6 Å². The number of hydrogen-bond donors (Lipinski definition) is 0. The molecule has 0 aliphatic carbocycles. The number of aromatic nitrogens is 10. The fraction of sp³-hybridized carbons (Fsp3) is 0. The quantitative estimate of drug-likeness (QED) is 0.115. The normalized spacial score (nSPS) is 11.8. The first-order valence-corrected chi connectivity index (χ1v) is 44.9. The van der Waals surface area contributed by atoms with E-state index in [-0.39, 0.29) is 0 Å². The Labute approximate surface area is 759 Å². The van der Waals surface area contributed by atoms with Gasteiger partial charge in [-0.2, -0.15) is 9.97 Å². The molecule has 0 saturated carbocycles. The molecule has 8 aromatic heterocycles. The Morgan fingerprint density at radius 2 is 0.424 bits per heavy atom. The van der Waals surface area contributed by atoms with Gasteiger partial charge in [-0.05, 0) is 202 Å². The molecule has 0 fully saturated rings. The summed E-state index contributed by atoms with van der Waals surface area (Å²) in [5.74, 6) is 1.82. The Bertz CT molecular complexity index is 9170. The van der Waals surface area contributed by atoms with Crippen molar-refractivity contribution in [1.29, 1.82) is 0 Å². The van der Waals surface area contributed by atoms with Crippen LogP contribution < -0.4 is 0 Å². The van der Waals surface area contributed by atoms with Gasteiger partial charge in [-0.15, -0.1) is 0 Å². The molecule has 0 aliphatic rings. The van der Waals surface area contributed by atoms with Crippen LogP contribution in [-0.2, 0) is 0 Å². The van der Waals surface area contributed by atoms with Gasteiger partial charge in [0, 0.05) is 116 Å². The first-order chi connectivity index (χ1) is 65.5. The van der Waals surface area contributed by atoms with Crippen LogP contribution in [0.2, 0.25) is 0 Å². The number of nitrogens with zero attached hydrogens (tertiary/aromatic N) is 10. The molecule has 0 unspecified atom stereocenters. The van der Waals surface area contributed by atoms with Crippen LogP contribution in [0.3, 0.4) is 0 Å². The zero-order chi connectivity index (χ0) is 86.9. The number of benzene rings is 19. The molecule has 0 amide bonds. The first-order valence-electron chi connectivity index (χ1n) is 44.9. The average molecular weight is 1680 g/mol. The fourth-order valence-corrected chi connectivity index (χ4v) is 20.9. The van der Waals surface area contributed by atoms with Crippen molar-refractivity contribution in [2.75, 3.05) is 0 Å². The summed E-state index contributed by atoms with van der Waals surface area (Å²) in [7, 11) is 0. The molecule has 8 heterocycles. The number of hydrogen-bond acceptors (Lipinski definition) is 4. The third-order valence-corrected chi connectivity index (χ3v) is 26.6. The van der Waals surface area contributed by atoms with Crippen molar-refractivity contribution in [3.63, 3.8) is 0 Å². The number of rotatable bonds is 13. The van der Waals surface area contributed by atoms with E-state index in [2.05, 4.69) is 451 Å². The molecule has 10 nitrogen and oxygen atoms in total. The van der Waals surface area contributed by atoms with Gasteiger partial charge in [0.25, 0.3) is 0 Å². The summed E-state index contributed by atoms with van der Waals surface area (Å²) in [6.07, 6.45) is 1.85. The highest BCUT2D eigenvalue weighted by Crippen LogP contribution is 2.49. The van der Waals surface area contributed by atoms with Gasteiger partial charge >= 0.3 is 0 Å². The summed E-state index contributed by atoms with van der Waals surface area (Å²) < 4.78 is 14.3. The van der Waals surface area contributed by atoms with Gasteiger partial charge in [-0.1, -0.05) is 309 Å². The van der Waals surface area contributed by atoms with E-state index in [1.54, 1.807) is 0 Å². The summed E-state index contributed by atoms with van der Waals surface area (Å²) in [6, 6.07) is 168. The molecule has 0 atom stereocenters. The third-order valence-electron chi connectivity index (χ3n) is 26.6. The molecule has 10 heteroatoms. The van der Waals surface area contributed by atoms with Gasteiger partial charge < -0.3 is 22.8 Å². The lowest BCUT2D eigenvalue weighted by molar-refractivity contribution is 0.953. The standard InChI is InChI=1S/C63H40N6.C59H38N4/c1-5-19-41(20-6-1)44-35-37-55-51(39-44)52-40-46(36-38-56(52)67(55)45-25-11-4-12-26-45)68-53-31-15-13-27-49(53)59-47(29-17-33-57(59)68)48-30-18-34-58-60(48)50-28-14-16-32-54(50)69(58)63-65-61(42-21-7-2-8-22-42)64-62(66-63)43-23-9-3-10-24-43;1-3-15-39(16-4-1)41-30-34-54-49(37-41)50-38-44(33-35-55(50)61(54)42-17-5-2-6-18-42)63-53-25-10-8-20-48(53)59-46(22-14-27-57(59)63)45-21-13-26-56-58(45)47-19-7-9-24-52(47)62(56)43-31-28-40(29-32-43)51-23-11-12-36-60-51/h1-40H;1-38H. The van der Waals surface area contributed by atoms with Crippen molar-refractivity contribution in [2.45, 2.75) is 0 Å². The molecule has 0 spiro atoms. The van der Waals surface area contributed by atoms with Gasteiger partial charge in [0.1, 0.15) is 0 Å². The molecule has 0 bridgehead atoms. The Hall–Kier alpha value is -17.9. The highest BCUT2D eigenvalue weighted by Gasteiger charge is 2.27. The van der Waals surface area contributed by atoms with Crippen LogP contribution in [0.25, 0.3) is 244 Å². The highest BCUT2D eigenvalue weighted by molar-refractivity contribution is 6.25. The van der Waals surface area contributed by atoms with E-state index >= 15 is 0 Å². The third kappa shape index (κ3) is 12.3. The minimum Gasteiger partial charge on any atom is -0.309 e. The van der Waals surface area contributed by atoms with E-state index in [9.17, 15) is 0 Å². The van der Waals surface area contributed by atoms with Gasteiger partial charge in [-0.25, -0.2) is 4.98 Å². The molecule has 0 radical (unpaired) electrons. The van der Waals surface area contributed by atoms with Crippen molar-refractivity contribution in [3.8, 4) is 113 Å². The maximum absolute atomic E-state index is 5.22. The molecule has 19 aromatic carbocycles. The monoisotopic (exact) mass is 1680 g/mol. The summed E-state index contributed by atoms with van der Waals surface area (Å²) in [5.41, 5.74) is 32.9. The van der Waals surface area contributed by atoms with Crippen LogP contribution in [0.1, 0.15) is 0 Å². The fourth-order valence-electron chi connectivity index (χ4n) is 20.9. The first kappa shape index (κ1) is 75.5. The van der Waals surface area contributed by atoms with Crippen LogP contribution >= 0.6 is 0 Å². The van der Waals surface area contributed by atoms with Crippen LogP contribution in [0, 0.1) is 0 Å². The zero-order valence-corrected chi connectivity index (χ0v) is 71.5. The van der Waals surface area contributed by atoms with Gasteiger partial charge in [0.05, 0.1) is 71.9 Å². The van der Waals surface area contributed by atoms with Crippen molar-refractivity contribution in [2.24, 2.45) is 0 Å². The van der Waals surface area contributed by atoms with E-state index in [1.807, 2.05) is 54.7 Å². The number of para-hydroxylation sites is 6. The predicted octanol–water partition coefficient (Wildman–Crippen LogP) is 31.2. The van der Waals surface area contributed by atoms with Crippen molar-refractivity contribution >= 4 is 131 Å². The predicted molar refractivity (Wildman–Crippen MR) is 548 cm³/mol. The summed E-state index contributed by atoms with van der Waals surface area (Å²) >= 11 is 0. The minimum absolute atomic E-state index is 0.570. The molecule has 0 N–H and O–H groups in total. The summed E-state index contributed by atoms with van der Waals surface area (Å²) in [4.78, 5) is 20.1. The smallest absolute Gasteiger partial charge is 0.238 e. The van der Waals surface area contributed by atoms with Crippen LogP contribution in [0.4, 0.5) is 0 Å². The van der Waals surface area contributed by atoms with Crippen LogP contribution in [-0.4, -0.2) is 47.3 Å². The molecular formula is C122H78N10. The number of pyridine rings is 1. The zero-order valence-electron chi connectivity index (χ0n) is 71.5. The van der Waals surface area contributed by atoms with Gasteiger partial charge in [0.15, 0.2) is 11.6 Å². The second-order valence-electron chi connectivity index (χ2n) is 33.9. The van der Waals surface area contributed by atoms with E-state index < -0.39 is 0 Å². The van der Waals surface area contributed by atoms with Gasteiger partial charge in [0.2, 0.25) is 5.95 Å². The lowest BCUT2D eigenvalue weighted by Gasteiger charge is -2.12. The number of fused-ring (bicyclic) bond motifs is 18. The summed E-state index contributed by atoms with van der Waals surface area (Å²) in [5, 5.41) is 14.5. The minimum atomic E-state index is 0.570. The SMILES string of the molecule is c1ccc(-c2ccc3c(c2)c2cc(-n4c5ccccc5c5c(-c6cccc7c6c6ccccc6n7-c6ccc(-c7ccccn7)cc6)cccc54)ccc2n3-c2ccccc2)cc1.c1ccc(-c2ccc3c(c2)c2cc(-n4c5ccccc5c5c(-c6cccc7c6c6ccccc6n7-c6nc(-c7ccccc7)nc(-c7ccccc7)n6)cccc54)ccc2n3-c2ccccc2)cc1. The Morgan fingerprint density at radius 3 is 0.803 bits per heavy atom. The maximum Gasteiger partial charge on any atom is 0.238 e. The van der Waals surface area contributed by atoms with Crippen molar-refractivity contribution in [1.82, 2.24) is 47.3 Å². The van der Waals surface area contributed by atoms with Gasteiger partial charge in [-0.3, -0.25) is 9.55 Å². The molecule has 0 saturated heterocycles. The second-order valence-corrected chi connectivity index (χ2v) is 33.9. The second kappa shape index (κ2) is 31.0. The topological polar surface area (TPSA) is 81.1 Å². The molecule has 0 aliphatic heterocycles. The van der Waals surface area contributed by atoms with Crippen molar-refractivity contribution in [3.05, 3.63) is 473 Å². The molecule has 616 valence electrons. The highest BCUT2D eigenvalue weighted by atomic mass is 15.2. The van der Waals surface area contributed by atoms with E-state index in [0.717, 1.165) is 94.8 Å². The summed E-state index contributed by atoms with van der Waals surface area (Å²) in [6.45, 7) is 0. The lowest BCUT2D eigenvalue weighted by atomic mass is 9.95. The molecular weight excluding hydrogens is 1610 g/mol. The lowest BCUT2D eigenvalue weighted by Crippen LogP contribution is -2.06. The van der Waals surface area contributed by atoms with E-state index in [1.165, 1.54) is 131 Å². The Balaban J connectivity index is 0.000000139. The largest absolute Gasteiger partial charge is 0.309 e. The molecule has 27 aromatic rings. The molecule has 27 rings (SSSR count). The Morgan fingerprint density at radius 1 is 0.152 bits per heavy atom. The molecule has 132 heavy (non-hydrogen) atoms.